The number of nitrogens with zero attached hydrogens (tertiary/aromatic N) is 3. The highest BCUT2D eigenvalue weighted by Crippen LogP contribution is 2.30. The van der Waals surface area contributed by atoms with Gasteiger partial charge >= 0.3 is 0 Å². The first-order valence-corrected chi connectivity index (χ1v) is 8.66. The van der Waals surface area contributed by atoms with Gasteiger partial charge in [-0.2, -0.15) is 5.26 Å². The Hall–Kier alpha value is -1.60. The number of fused-ring (bicyclic) bond motifs is 1. The van der Waals surface area contributed by atoms with Gasteiger partial charge in [0.05, 0.1) is 5.56 Å². The van der Waals surface area contributed by atoms with E-state index < -0.39 is 0 Å². The number of likely N-dealkylation sites (N-methyl/N-ethyl adjacent to an activating group) is 1. The van der Waals surface area contributed by atoms with Crippen molar-refractivity contribution < 1.29 is 0 Å². The minimum atomic E-state index is 0.784. The van der Waals surface area contributed by atoms with Gasteiger partial charge in [-0.25, -0.2) is 4.98 Å². The fraction of sp³-hybridized carbons (Fsp3) is 0.667. The molecule has 1 heterocycles. The predicted octanol–water partition coefficient (Wildman–Crippen LogP) is 3.15. The second-order valence-electron chi connectivity index (χ2n) is 5.87. The Labute approximate surface area is 134 Å². The van der Waals surface area contributed by atoms with Crippen LogP contribution >= 0.6 is 0 Å². The third-order valence-corrected chi connectivity index (χ3v) is 4.66. The molecular formula is C18H28N4. The molecule has 0 bridgehead atoms. The Morgan fingerprint density at radius 3 is 2.41 bits per heavy atom. The molecule has 22 heavy (non-hydrogen) atoms. The predicted molar refractivity (Wildman–Crippen MR) is 91.2 cm³/mol. The molecule has 120 valence electrons. The highest BCUT2D eigenvalue weighted by Gasteiger charge is 2.21. The first-order chi connectivity index (χ1) is 10.7. The molecule has 0 saturated carbocycles. The first-order valence-electron chi connectivity index (χ1n) is 8.66. The minimum absolute atomic E-state index is 0.784. The van der Waals surface area contributed by atoms with E-state index in [1.807, 2.05) is 0 Å². The van der Waals surface area contributed by atoms with E-state index in [1.54, 1.807) is 0 Å². The molecule has 0 amide bonds. The van der Waals surface area contributed by atoms with Crippen LogP contribution in [0.2, 0.25) is 0 Å². The van der Waals surface area contributed by atoms with Gasteiger partial charge in [0.1, 0.15) is 11.9 Å². The summed E-state index contributed by atoms with van der Waals surface area (Å²) in [7, 11) is 0. The van der Waals surface area contributed by atoms with Crippen molar-refractivity contribution in [3.05, 3.63) is 22.4 Å². The zero-order chi connectivity index (χ0) is 15.9. The van der Waals surface area contributed by atoms with Crippen molar-refractivity contribution in [1.82, 2.24) is 9.88 Å². The van der Waals surface area contributed by atoms with Crippen LogP contribution in [-0.2, 0) is 19.3 Å². The monoisotopic (exact) mass is 300 g/mol. The molecule has 1 aliphatic rings. The summed E-state index contributed by atoms with van der Waals surface area (Å²) < 4.78 is 0. The van der Waals surface area contributed by atoms with Crippen molar-refractivity contribution in [1.29, 1.82) is 5.26 Å². The molecule has 4 nitrogen and oxygen atoms in total. The van der Waals surface area contributed by atoms with Gasteiger partial charge in [0.15, 0.2) is 0 Å². The molecule has 0 spiro atoms. The van der Waals surface area contributed by atoms with E-state index in [-0.39, 0.29) is 0 Å². The number of rotatable bonds is 7. The van der Waals surface area contributed by atoms with Crippen LogP contribution in [-0.4, -0.2) is 36.1 Å². The van der Waals surface area contributed by atoms with Crippen LogP contribution in [0.4, 0.5) is 5.82 Å². The van der Waals surface area contributed by atoms with Crippen LogP contribution in [0.3, 0.4) is 0 Å². The van der Waals surface area contributed by atoms with Crippen molar-refractivity contribution >= 4 is 5.82 Å². The van der Waals surface area contributed by atoms with E-state index in [0.717, 1.165) is 56.8 Å². The van der Waals surface area contributed by atoms with E-state index in [9.17, 15) is 5.26 Å². The number of aryl methyl sites for hydroxylation is 1. The summed E-state index contributed by atoms with van der Waals surface area (Å²) in [4.78, 5) is 7.14. The van der Waals surface area contributed by atoms with Crippen LogP contribution in [0, 0.1) is 11.3 Å². The molecule has 1 N–H and O–H groups in total. The summed E-state index contributed by atoms with van der Waals surface area (Å²) in [5.41, 5.74) is 4.57. The number of hydrogen-bond acceptors (Lipinski definition) is 4. The lowest BCUT2D eigenvalue weighted by molar-refractivity contribution is 0.316. The van der Waals surface area contributed by atoms with Crippen molar-refractivity contribution in [2.24, 2.45) is 0 Å². The SMILES string of the molecule is CCc1nc(NCCN(CC)CC)c(C#N)c2c1CCCC2. The lowest BCUT2D eigenvalue weighted by atomic mass is 9.87. The summed E-state index contributed by atoms with van der Waals surface area (Å²) >= 11 is 0. The summed E-state index contributed by atoms with van der Waals surface area (Å²) in [5, 5.41) is 13.0. The zero-order valence-corrected chi connectivity index (χ0v) is 14.2. The first kappa shape index (κ1) is 16.8. The maximum atomic E-state index is 9.60. The summed E-state index contributed by atoms with van der Waals surface area (Å²) in [6.45, 7) is 10.4. The summed E-state index contributed by atoms with van der Waals surface area (Å²) in [6.07, 6.45) is 5.46. The lowest BCUT2D eigenvalue weighted by Crippen LogP contribution is -2.29. The van der Waals surface area contributed by atoms with E-state index >= 15 is 0 Å². The number of nitrogens with one attached hydrogen (secondary N) is 1. The molecule has 0 aromatic carbocycles. The Kier molecular flexibility index (Phi) is 6.21. The van der Waals surface area contributed by atoms with Crippen molar-refractivity contribution in [2.75, 3.05) is 31.5 Å². The summed E-state index contributed by atoms with van der Waals surface area (Å²) in [6, 6.07) is 2.40. The standard InChI is InChI=1S/C18H28N4/c1-4-17-15-10-8-7-9-14(15)16(13-19)18(21-17)20-11-12-22(5-2)6-3/h4-12H2,1-3H3,(H,20,21). The lowest BCUT2D eigenvalue weighted by Gasteiger charge is -2.23. The Morgan fingerprint density at radius 2 is 1.82 bits per heavy atom. The molecule has 0 atom stereocenters. The van der Waals surface area contributed by atoms with E-state index in [0.29, 0.717) is 0 Å². The quantitative estimate of drug-likeness (QED) is 0.840. The minimum Gasteiger partial charge on any atom is -0.368 e. The maximum absolute atomic E-state index is 9.60. The normalized spacial score (nSPS) is 13.8. The smallest absolute Gasteiger partial charge is 0.144 e. The molecule has 4 heteroatoms. The average Bonchev–Trinajstić information content (AvgIpc) is 2.57. The molecule has 0 aliphatic heterocycles. The molecule has 0 saturated heterocycles. The number of aromatic nitrogens is 1. The van der Waals surface area contributed by atoms with Crippen LogP contribution in [0.5, 0.6) is 0 Å². The van der Waals surface area contributed by atoms with Crippen LogP contribution in [0.15, 0.2) is 0 Å². The molecule has 1 aromatic heterocycles. The number of nitriles is 1. The van der Waals surface area contributed by atoms with E-state index in [1.165, 1.54) is 29.7 Å². The maximum Gasteiger partial charge on any atom is 0.144 e. The zero-order valence-electron chi connectivity index (χ0n) is 14.2. The Balaban J connectivity index is 2.22. The molecule has 0 fully saturated rings. The molecular weight excluding hydrogens is 272 g/mol. The van der Waals surface area contributed by atoms with Crippen molar-refractivity contribution in [2.45, 2.75) is 52.9 Å². The van der Waals surface area contributed by atoms with Crippen LogP contribution in [0.1, 0.15) is 56.0 Å². The Morgan fingerprint density at radius 1 is 1.14 bits per heavy atom. The second kappa shape index (κ2) is 8.14. The fourth-order valence-electron chi connectivity index (χ4n) is 3.31. The highest BCUT2D eigenvalue weighted by molar-refractivity contribution is 5.60. The van der Waals surface area contributed by atoms with Gasteiger partial charge in [0, 0.05) is 18.8 Å². The molecule has 1 aromatic rings. The number of hydrogen-bond donors (Lipinski definition) is 1. The average molecular weight is 300 g/mol. The van der Waals surface area contributed by atoms with Gasteiger partial charge < -0.3 is 10.2 Å². The van der Waals surface area contributed by atoms with E-state index in [2.05, 4.69) is 37.1 Å². The highest BCUT2D eigenvalue weighted by atomic mass is 15.1. The van der Waals surface area contributed by atoms with Gasteiger partial charge in [-0.1, -0.05) is 20.8 Å². The second-order valence-corrected chi connectivity index (χ2v) is 5.87. The fourth-order valence-corrected chi connectivity index (χ4v) is 3.31. The molecule has 0 radical (unpaired) electrons. The molecule has 1 aliphatic carbocycles. The number of pyridine rings is 1. The van der Waals surface area contributed by atoms with Gasteiger partial charge in [-0.05, 0) is 56.3 Å². The van der Waals surface area contributed by atoms with Gasteiger partial charge in [-0.15, -0.1) is 0 Å². The third-order valence-electron chi connectivity index (χ3n) is 4.66. The van der Waals surface area contributed by atoms with E-state index in [4.69, 9.17) is 4.98 Å². The van der Waals surface area contributed by atoms with Crippen LogP contribution < -0.4 is 5.32 Å². The largest absolute Gasteiger partial charge is 0.368 e. The van der Waals surface area contributed by atoms with Gasteiger partial charge in [0.25, 0.3) is 0 Å². The number of anilines is 1. The van der Waals surface area contributed by atoms with Crippen molar-refractivity contribution in [3.8, 4) is 6.07 Å². The Bertz CT molecular complexity index is 541. The van der Waals surface area contributed by atoms with Crippen LogP contribution in [0.25, 0.3) is 0 Å². The topological polar surface area (TPSA) is 52.0 Å². The summed E-state index contributed by atoms with van der Waals surface area (Å²) in [5.74, 6) is 0.798. The van der Waals surface area contributed by atoms with Gasteiger partial charge in [-0.3, -0.25) is 0 Å². The van der Waals surface area contributed by atoms with Gasteiger partial charge in [0.2, 0.25) is 0 Å². The molecule has 0 unspecified atom stereocenters. The molecule has 2 rings (SSSR count). The van der Waals surface area contributed by atoms with Crippen molar-refractivity contribution in [3.63, 3.8) is 0 Å². The third kappa shape index (κ3) is 3.59.